The second kappa shape index (κ2) is 3.34. The maximum absolute atomic E-state index is 5.68. The number of rotatable bonds is 1. The molecule has 0 radical (unpaired) electrons. The van der Waals surface area contributed by atoms with Crippen LogP contribution in [0.5, 0.6) is 4.62 Å². The Kier molecular flexibility index (Phi) is 2.84. The first-order valence-electron chi connectivity index (χ1n) is 3.40. The van der Waals surface area contributed by atoms with Crippen LogP contribution in [0.4, 0.5) is 0 Å². The average molecular weight is 282 g/mol. The van der Waals surface area contributed by atoms with Gasteiger partial charge in [0, 0.05) is 0 Å². The van der Waals surface area contributed by atoms with Crippen molar-refractivity contribution in [1.29, 1.82) is 0 Å². The number of hydrogen-bond donors (Lipinski definition) is 0. The summed E-state index contributed by atoms with van der Waals surface area (Å²) in [6, 6.07) is 2.05. The summed E-state index contributed by atoms with van der Waals surface area (Å²) in [5, 5.41) is 0. The van der Waals surface area contributed by atoms with E-state index in [0.717, 1.165) is 9.10 Å². The van der Waals surface area contributed by atoms with Crippen LogP contribution in [0.25, 0.3) is 0 Å². The first-order chi connectivity index (χ1) is 4.97. The van der Waals surface area contributed by atoms with Gasteiger partial charge in [0.05, 0.1) is 0 Å². The topological polar surface area (TPSA) is 9.23 Å². The molecule has 0 aliphatic carbocycles. The molecule has 11 heavy (non-hydrogen) atoms. The zero-order chi connectivity index (χ0) is 8.48. The predicted octanol–water partition coefficient (Wildman–Crippen LogP) is 2.68. The predicted molar refractivity (Wildman–Crippen MR) is 51.5 cm³/mol. The van der Waals surface area contributed by atoms with Gasteiger partial charge in [-0.1, -0.05) is 0 Å². The molecule has 1 nitrogen and oxygen atoms in total. The molecule has 0 spiro atoms. The van der Waals surface area contributed by atoms with E-state index >= 15 is 0 Å². The van der Waals surface area contributed by atoms with Crippen LogP contribution in [-0.4, -0.2) is 20.1 Å². The van der Waals surface area contributed by atoms with Gasteiger partial charge in [0.2, 0.25) is 0 Å². The van der Waals surface area contributed by atoms with Crippen LogP contribution in [0.2, 0.25) is 0 Å². The third-order valence-electron chi connectivity index (χ3n) is 0.950. The van der Waals surface area contributed by atoms with Crippen molar-refractivity contribution in [2.45, 2.75) is 26.4 Å². The Morgan fingerprint density at radius 1 is 1.45 bits per heavy atom. The van der Waals surface area contributed by atoms with Gasteiger partial charge in [0.25, 0.3) is 0 Å². The molecule has 0 atom stereocenters. The molecule has 1 rings (SSSR count). The Morgan fingerprint density at radius 3 is 2.45 bits per heavy atom. The Balaban J connectivity index is 2.65. The minimum absolute atomic E-state index is 0.0565. The van der Waals surface area contributed by atoms with E-state index in [1.165, 1.54) is 0 Å². The summed E-state index contributed by atoms with van der Waals surface area (Å²) in [6.45, 7) is 6.20. The van der Waals surface area contributed by atoms with E-state index in [4.69, 9.17) is 4.74 Å². The molecule has 0 unspecified atom stereocenters. The quantitative estimate of drug-likeness (QED) is 0.720. The summed E-state index contributed by atoms with van der Waals surface area (Å²) in [6.07, 6.45) is 0. The zero-order valence-corrected chi connectivity index (χ0v) is 10.1. The van der Waals surface area contributed by atoms with E-state index in [1.54, 1.807) is 0 Å². The molecule has 0 bridgehead atoms. The van der Waals surface area contributed by atoms with Crippen molar-refractivity contribution in [3.05, 3.63) is 15.5 Å². The van der Waals surface area contributed by atoms with Crippen LogP contribution in [-0.2, 0) is 0 Å². The molecule has 0 aromatic carbocycles. The van der Waals surface area contributed by atoms with Gasteiger partial charge < -0.3 is 0 Å². The van der Waals surface area contributed by atoms with Gasteiger partial charge in [0.15, 0.2) is 0 Å². The Morgan fingerprint density at radius 2 is 2.09 bits per heavy atom. The molecule has 0 amide bonds. The van der Waals surface area contributed by atoms with Crippen molar-refractivity contribution < 1.29 is 4.74 Å². The molecule has 0 fully saturated rings. The molecule has 1 aromatic heterocycles. The summed E-state index contributed by atoms with van der Waals surface area (Å²) >= 11 is 3.80. The van der Waals surface area contributed by atoms with Gasteiger partial charge in [-0.25, -0.2) is 0 Å². The normalized spacial score (nSPS) is 11.6. The molecule has 1 aromatic rings. The van der Waals surface area contributed by atoms with Gasteiger partial charge in [-0.15, -0.1) is 0 Å². The SMILES string of the molecule is CC(C)(C)Oc1cc(Br)c[se]1. The molecule has 0 saturated carbocycles. The molecular weight excluding hydrogens is 271 g/mol. The van der Waals surface area contributed by atoms with Gasteiger partial charge >= 0.3 is 81.6 Å². The summed E-state index contributed by atoms with van der Waals surface area (Å²) in [5.74, 6) is 0. The van der Waals surface area contributed by atoms with Crippen LogP contribution in [0.1, 0.15) is 20.8 Å². The molecular formula is C8H11BrOSe. The van der Waals surface area contributed by atoms with Crippen molar-refractivity contribution in [1.82, 2.24) is 0 Å². The second-order valence-corrected chi connectivity index (χ2v) is 6.05. The van der Waals surface area contributed by atoms with Crippen molar-refractivity contribution >= 4 is 30.4 Å². The molecule has 0 N–H and O–H groups in total. The maximum atomic E-state index is 5.68. The summed E-state index contributed by atoms with van der Waals surface area (Å²) in [7, 11) is 0. The molecule has 1 heterocycles. The van der Waals surface area contributed by atoms with Gasteiger partial charge in [0.1, 0.15) is 0 Å². The summed E-state index contributed by atoms with van der Waals surface area (Å²) in [4.78, 5) is 2.16. The number of hydrogen-bond acceptors (Lipinski definition) is 1. The first kappa shape index (κ1) is 9.37. The zero-order valence-electron chi connectivity index (χ0n) is 6.85. The fraction of sp³-hybridized carbons (Fsp3) is 0.500. The fourth-order valence-corrected chi connectivity index (χ4v) is 3.34. The van der Waals surface area contributed by atoms with E-state index in [0.29, 0.717) is 14.5 Å². The second-order valence-electron chi connectivity index (χ2n) is 3.30. The van der Waals surface area contributed by atoms with Gasteiger partial charge in [-0.2, -0.15) is 0 Å². The van der Waals surface area contributed by atoms with Crippen LogP contribution in [0, 0.1) is 0 Å². The van der Waals surface area contributed by atoms with Gasteiger partial charge in [-0.05, 0) is 0 Å². The van der Waals surface area contributed by atoms with Crippen molar-refractivity contribution in [3.8, 4) is 4.62 Å². The van der Waals surface area contributed by atoms with Crippen LogP contribution < -0.4 is 4.74 Å². The number of halogens is 1. The van der Waals surface area contributed by atoms with E-state index < -0.39 is 0 Å². The summed E-state index contributed by atoms with van der Waals surface area (Å²) in [5.41, 5.74) is -0.0565. The third-order valence-corrected chi connectivity index (χ3v) is 3.78. The molecule has 0 aliphatic rings. The van der Waals surface area contributed by atoms with Crippen molar-refractivity contribution in [2.75, 3.05) is 0 Å². The van der Waals surface area contributed by atoms with E-state index in [1.807, 2.05) is 6.07 Å². The number of ether oxygens (including phenoxy) is 1. The van der Waals surface area contributed by atoms with Crippen LogP contribution in [0.3, 0.4) is 0 Å². The van der Waals surface area contributed by atoms with E-state index in [-0.39, 0.29) is 5.60 Å². The van der Waals surface area contributed by atoms with Crippen molar-refractivity contribution in [3.63, 3.8) is 0 Å². The molecule has 0 aliphatic heterocycles. The third kappa shape index (κ3) is 3.46. The average Bonchev–Trinajstić information content (AvgIpc) is 2.10. The first-order valence-corrected chi connectivity index (χ1v) is 6.04. The van der Waals surface area contributed by atoms with E-state index in [2.05, 4.69) is 41.6 Å². The monoisotopic (exact) mass is 282 g/mol. The fourth-order valence-electron chi connectivity index (χ4n) is 0.650. The van der Waals surface area contributed by atoms with Crippen LogP contribution >= 0.6 is 15.9 Å². The standard InChI is InChI=1S/C8H11BrOSe/c1-8(2,3)10-7-4-6(9)5-11-7/h4-5H,1-3H3. The van der Waals surface area contributed by atoms with E-state index in [9.17, 15) is 0 Å². The Hall–Kier alpha value is 0.279. The summed E-state index contributed by atoms with van der Waals surface area (Å²) < 4.78 is 7.93. The van der Waals surface area contributed by atoms with Crippen LogP contribution in [0.15, 0.2) is 15.5 Å². The Labute approximate surface area is 81.6 Å². The molecule has 0 saturated heterocycles. The van der Waals surface area contributed by atoms with Crippen molar-refractivity contribution in [2.24, 2.45) is 0 Å². The molecule has 62 valence electrons. The molecule has 3 heteroatoms. The van der Waals surface area contributed by atoms with Gasteiger partial charge in [-0.3, -0.25) is 0 Å². The minimum atomic E-state index is -0.0565. The Bertz CT molecular complexity index is 236.